The molecule has 0 aliphatic heterocycles. The van der Waals surface area contributed by atoms with Gasteiger partial charge in [0.15, 0.2) is 0 Å². The van der Waals surface area contributed by atoms with E-state index >= 15 is 0 Å². The van der Waals surface area contributed by atoms with Crippen molar-refractivity contribution in [3.05, 3.63) is 22.8 Å². The second-order valence-corrected chi connectivity index (χ2v) is 5.92. The average Bonchev–Trinajstić information content (AvgIpc) is 2.37. The van der Waals surface area contributed by atoms with Crippen molar-refractivity contribution in [1.82, 2.24) is 10.3 Å². The monoisotopic (exact) mass is 299 g/mol. The summed E-state index contributed by atoms with van der Waals surface area (Å²) in [4.78, 5) is 6.46. The van der Waals surface area contributed by atoms with E-state index in [1.807, 2.05) is 27.0 Å². The molecule has 1 rings (SSSR count). The lowest BCUT2D eigenvalue weighted by molar-refractivity contribution is 0.0845. The average molecular weight is 300 g/mol. The molecule has 1 aromatic heterocycles. The van der Waals surface area contributed by atoms with Gasteiger partial charge in [-0.05, 0) is 25.5 Å². The Balaban J connectivity index is 2.63. The largest absolute Gasteiger partial charge is 0.377 e. The van der Waals surface area contributed by atoms with Crippen LogP contribution in [0.5, 0.6) is 0 Å². The van der Waals surface area contributed by atoms with Crippen LogP contribution in [0.2, 0.25) is 5.02 Å². The van der Waals surface area contributed by atoms with Gasteiger partial charge in [-0.25, -0.2) is 4.98 Å². The fourth-order valence-corrected chi connectivity index (χ4v) is 1.84. The maximum absolute atomic E-state index is 6.18. The number of halogens is 1. The van der Waals surface area contributed by atoms with Crippen LogP contribution in [-0.4, -0.2) is 37.3 Å². The highest BCUT2D eigenvalue weighted by Gasteiger charge is 2.08. The highest BCUT2D eigenvalue weighted by Crippen LogP contribution is 2.19. The minimum absolute atomic E-state index is 0.257. The summed E-state index contributed by atoms with van der Waals surface area (Å²) in [5.74, 6) is 0.919. The number of pyridine rings is 1. The van der Waals surface area contributed by atoms with Gasteiger partial charge in [0.05, 0.1) is 17.7 Å². The fourth-order valence-electron chi connectivity index (χ4n) is 1.67. The van der Waals surface area contributed by atoms with Crippen LogP contribution < -0.4 is 10.2 Å². The number of likely N-dealkylation sites (N-methyl/N-ethyl adjacent to an activating group) is 1. The summed E-state index contributed by atoms with van der Waals surface area (Å²) in [6.07, 6.45) is 1.97. The molecule has 0 saturated carbocycles. The first kappa shape index (κ1) is 17.2. The molecule has 114 valence electrons. The molecule has 0 fully saturated rings. The summed E-state index contributed by atoms with van der Waals surface area (Å²) in [7, 11) is 2.01. The molecule has 0 spiro atoms. The number of hydrogen-bond acceptors (Lipinski definition) is 4. The van der Waals surface area contributed by atoms with E-state index in [9.17, 15) is 0 Å². The minimum Gasteiger partial charge on any atom is -0.377 e. The molecule has 0 bridgehead atoms. The van der Waals surface area contributed by atoms with E-state index in [1.165, 1.54) is 0 Å². The van der Waals surface area contributed by atoms with Crippen LogP contribution in [0.1, 0.15) is 33.3 Å². The van der Waals surface area contributed by atoms with Gasteiger partial charge in [0, 0.05) is 32.4 Å². The number of anilines is 1. The highest BCUT2D eigenvalue weighted by atomic mass is 35.5. The van der Waals surface area contributed by atoms with Crippen molar-refractivity contribution in [3.63, 3.8) is 0 Å². The summed E-state index contributed by atoms with van der Waals surface area (Å²) in [6.45, 7) is 10.6. The van der Waals surface area contributed by atoms with Crippen LogP contribution in [0.15, 0.2) is 12.3 Å². The van der Waals surface area contributed by atoms with Crippen molar-refractivity contribution in [3.8, 4) is 0 Å². The Kier molecular flexibility index (Phi) is 7.27. The molecule has 0 saturated heterocycles. The van der Waals surface area contributed by atoms with E-state index in [0.717, 1.165) is 24.5 Å². The zero-order valence-corrected chi connectivity index (χ0v) is 13.9. The highest BCUT2D eigenvalue weighted by molar-refractivity contribution is 6.31. The van der Waals surface area contributed by atoms with Crippen molar-refractivity contribution < 1.29 is 4.74 Å². The summed E-state index contributed by atoms with van der Waals surface area (Å²) >= 11 is 6.18. The first-order valence-corrected chi connectivity index (χ1v) is 7.48. The standard InChI is InChI=1S/C15H26ClN3O/c1-11(2)17-9-13-8-15(18-10-14(13)16)19(5)6-7-20-12(3)4/h8,10-12,17H,6-7,9H2,1-5H3. The molecular formula is C15H26ClN3O. The number of hydrogen-bond donors (Lipinski definition) is 1. The Morgan fingerprint density at radius 3 is 2.65 bits per heavy atom. The molecule has 0 aliphatic carbocycles. The number of ether oxygens (including phenoxy) is 1. The molecule has 0 atom stereocenters. The van der Waals surface area contributed by atoms with Crippen molar-refractivity contribution in [2.75, 3.05) is 25.1 Å². The molecule has 1 N–H and O–H groups in total. The Morgan fingerprint density at radius 1 is 1.35 bits per heavy atom. The van der Waals surface area contributed by atoms with Gasteiger partial charge >= 0.3 is 0 Å². The van der Waals surface area contributed by atoms with Crippen LogP contribution in [0.4, 0.5) is 5.82 Å². The topological polar surface area (TPSA) is 37.4 Å². The number of aromatic nitrogens is 1. The van der Waals surface area contributed by atoms with Gasteiger partial charge < -0.3 is 15.0 Å². The molecule has 4 nitrogen and oxygen atoms in total. The third kappa shape index (κ3) is 6.07. The number of nitrogens with one attached hydrogen (secondary N) is 1. The van der Waals surface area contributed by atoms with Gasteiger partial charge in [0.1, 0.15) is 5.82 Å². The second-order valence-electron chi connectivity index (χ2n) is 5.51. The van der Waals surface area contributed by atoms with E-state index in [2.05, 4.69) is 29.0 Å². The lowest BCUT2D eigenvalue weighted by Gasteiger charge is -2.20. The molecule has 1 aromatic rings. The van der Waals surface area contributed by atoms with Gasteiger partial charge in [-0.1, -0.05) is 25.4 Å². The Hall–Kier alpha value is -0.840. The Morgan fingerprint density at radius 2 is 2.05 bits per heavy atom. The third-order valence-corrected chi connectivity index (χ3v) is 3.23. The molecule has 20 heavy (non-hydrogen) atoms. The van der Waals surface area contributed by atoms with Crippen LogP contribution in [0.25, 0.3) is 0 Å². The smallest absolute Gasteiger partial charge is 0.128 e. The summed E-state index contributed by atoms with van der Waals surface area (Å²) in [5, 5.41) is 4.07. The van der Waals surface area contributed by atoms with E-state index in [1.54, 1.807) is 6.20 Å². The van der Waals surface area contributed by atoms with Gasteiger partial charge in [0.25, 0.3) is 0 Å². The molecule has 1 heterocycles. The summed E-state index contributed by atoms with van der Waals surface area (Å²) in [5.41, 5.74) is 1.07. The van der Waals surface area contributed by atoms with E-state index in [0.29, 0.717) is 17.7 Å². The van der Waals surface area contributed by atoms with Gasteiger partial charge in [0.2, 0.25) is 0 Å². The Labute approximate surface area is 127 Å². The third-order valence-electron chi connectivity index (χ3n) is 2.89. The fraction of sp³-hybridized carbons (Fsp3) is 0.667. The van der Waals surface area contributed by atoms with Crippen LogP contribution >= 0.6 is 11.6 Å². The van der Waals surface area contributed by atoms with Crippen molar-refractivity contribution in [1.29, 1.82) is 0 Å². The predicted octanol–water partition coefficient (Wildman–Crippen LogP) is 3.09. The van der Waals surface area contributed by atoms with E-state index < -0.39 is 0 Å². The SMILES string of the molecule is CC(C)NCc1cc(N(C)CCOC(C)C)ncc1Cl. The van der Waals surface area contributed by atoms with Crippen LogP contribution in [0, 0.1) is 0 Å². The molecule has 0 aliphatic rings. The number of nitrogens with zero attached hydrogens (tertiary/aromatic N) is 2. The first-order chi connectivity index (χ1) is 9.40. The molecule has 5 heteroatoms. The first-order valence-electron chi connectivity index (χ1n) is 7.10. The zero-order chi connectivity index (χ0) is 15.1. The maximum Gasteiger partial charge on any atom is 0.128 e. The lowest BCUT2D eigenvalue weighted by atomic mass is 10.2. The summed E-state index contributed by atoms with van der Waals surface area (Å²) in [6, 6.07) is 2.47. The quantitative estimate of drug-likeness (QED) is 0.800. The normalized spacial score (nSPS) is 11.4. The Bertz CT molecular complexity index is 410. The second kappa shape index (κ2) is 8.45. The van der Waals surface area contributed by atoms with Crippen LogP contribution in [0.3, 0.4) is 0 Å². The van der Waals surface area contributed by atoms with Gasteiger partial charge in [-0.3, -0.25) is 0 Å². The van der Waals surface area contributed by atoms with Crippen molar-refractivity contribution in [2.45, 2.75) is 46.4 Å². The minimum atomic E-state index is 0.257. The van der Waals surface area contributed by atoms with Crippen LogP contribution in [-0.2, 0) is 11.3 Å². The molecule has 0 aromatic carbocycles. The van der Waals surface area contributed by atoms with Crippen molar-refractivity contribution >= 4 is 17.4 Å². The number of rotatable bonds is 8. The van der Waals surface area contributed by atoms with Gasteiger partial charge in [-0.2, -0.15) is 0 Å². The summed E-state index contributed by atoms with van der Waals surface area (Å²) < 4.78 is 5.56. The predicted molar refractivity (Wildman–Crippen MR) is 85.6 cm³/mol. The molecule has 0 amide bonds. The van der Waals surface area contributed by atoms with Crippen molar-refractivity contribution in [2.24, 2.45) is 0 Å². The zero-order valence-electron chi connectivity index (χ0n) is 13.1. The molecule has 0 radical (unpaired) electrons. The lowest BCUT2D eigenvalue weighted by Crippen LogP contribution is -2.25. The van der Waals surface area contributed by atoms with E-state index in [-0.39, 0.29) is 6.10 Å². The van der Waals surface area contributed by atoms with E-state index in [4.69, 9.17) is 16.3 Å². The van der Waals surface area contributed by atoms with Gasteiger partial charge in [-0.15, -0.1) is 0 Å². The molecular weight excluding hydrogens is 274 g/mol. The molecule has 0 unspecified atom stereocenters. The maximum atomic E-state index is 6.18.